The summed E-state index contributed by atoms with van der Waals surface area (Å²) in [7, 11) is 0. The maximum atomic E-state index is 6.25. The van der Waals surface area contributed by atoms with Crippen LogP contribution in [-0.4, -0.2) is 30.0 Å². The molecule has 3 aromatic heterocycles. The summed E-state index contributed by atoms with van der Waals surface area (Å²) >= 11 is 6.25. The van der Waals surface area contributed by atoms with E-state index >= 15 is 0 Å². The number of pyridine rings is 1. The molecule has 0 fully saturated rings. The Morgan fingerprint density at radius 2 is 2.00 bits per heavy atom. The molecule has 0 amide bonds. The van der Waals surface area contributed by atoms with E-state index in [1.54, 1.807) is 4.52 Å². The Labute approximate surface area is 124 Å². The highest BCUT2D eigenvalue weighted by atomic mass is 35.5. The lowest BCUT2D eigenvalue weighted by atomic mass is 10.1. The SMILES string of the molecule is Clc1ccccc1-c1[nH]nnc1-c1ccc2ncnn2c1. The van der Waals surface area contributed by atoms with E-state index in [2.05, 4.69) is 25.5 Å². The van der Waals surface area contributed by atoms with Gasteiger partial charge < -0.3 is 0 Å². The summed E-state index contributed by atoms with van der Waals surface area (Å²) in [6.45, 7) is 0. The minimum atomic E-state index is 0.645. The van der Waals surface area contributed by atoms with Crippen molar-refractivity contribution in [1.29, 1.82) is 0 Å². The molecule has 7 heteroatoms. The number of fused-ring (bicyclic) bond motifs is 1. The van der Waals surface area contributed by atoms with Crippen LogP contribution >= 0.6 is 11.6 Å². The van der Waals surface area contributed by atoms with Crippen LogP contribution in [-0.2, 0) is 0 Å². The molecular weight excluding hydrogens is 288 g/mol. The Bertz CT molecular complexity index is 926. The predicted octanol–water partition coefficient (Wildman–Crippen LogP) is 2.83. The fourth-order valence-corrected chi connectivity index (χ4v) is 2.47. The van der Waals surface area contributed by atoms with Crippen molar-refractivity contribution < 1.29 is 0 Å². The number of H-pyrrole nitrogens is 1. The van der Waals surface area contributed by atoms with Crippen molar-refractivity contribution in [3.8, 4) is 22.5 Å². The number of hydrogen-bond acceptors (Lipinski definition) is 4. The third-order valence-electron chi connectivity index (χ3n) is 3.24. The van der Waals surface area contributed by atoms with Crippen molar-refractivity contribution in [2.24, 2.45) is 0 Å². The van der Waals surface area contributed by atoms with E-state index in [-0.39, 0.29) is 0 Å². The Morgan fingerprint density at radius 3 is 2.90 bits per heavy atom. The first-order valence-electron chi connectivity index (χ1n) is 6.28. The van der Waals surface area contributed by atoms with Crippen molar-refractivity contribution in [2.75, 3.05) is 0 Å². The van der Waals surface area contributed by atoms with E-state index < -0.39 is 0 Å². The molecule has 3 heterocycles. The standard InChI is InChI=1S/C14H9ClN6/c15-11-4-2-1-3-10(11)14-13(18-20-19-14)9-5-6-12-16-8-17-21(12)7-9/h1-8H,(H,18,19,20). The molecule has 0 saturated carbocycles. The molecule has 1 N–H and O–H groups in total. The highest BCUT2D eigenvalue weighted by molar-refractivity contribution is 6.33. The molecule has 0 aliphatic rings. The highest BCUT2D eigenvalue weighted by Gasteiger charge is 2.14. The van der Waals surface area contributed by atoms with Crippen LogP contribution in [0.4, 0.5) is 0 Å². The van der Waals surface area contributed by atoms with Crippen LogP contribution in [0.5, 0.6) is 0 Å². The van der Waals surface area contributed by atoms with Gasteiger partial charge in [-0.3, -0.25) is 5.10 Å². The molecule has 0 atom stereocenters. The summed E-state index contributed by atoms with van der Waals surface area (Å²) in [5.41, 5.74) is 4.02. The first-order valence-corrected chi connectivity index (χ1v) is 6.66. The summed E-state index contributed by atoms with van der Waals surface area (Å²) in [4.78, 5) is 4.12. The Kier molecular flexibility index (Phi) is 2.68. The summed E-state index contributed by atoms with van der Waals surface area (Å²) in [6, 6.07) is 11.4. The van der Waals surface area contributed by atoms with E-state index in [4.69, 9.17) is 11.6 Å². The molecule has 0 aliphatic heterocycles. The third-order valence-corrected chi connectivity index (χ3v) is 3.57. The second-order valence-electron chi connectivity index (χ2n) is 4.50. The van der Waals surface area contributed by atoms with Gasteiger partial charge >= 0.3 is 0 Å². The molecule has 102 valence electrons. The van der Waals surface area contributed by atoms with Gasteiger partial charge in [0.15, 0.2) is 5.65 Å². The minimum Gasteiger partial charge on any atom is -0.257 e. The number of aromatic amines is 1. The molecule has 6 nitrogen and oxygen atoms in total. The van der Waals surface area contributed by atoms with Gasteiger partial charge in [0.2, 0.25) is 0 Å². The van der Waals surface area contributed by atoms with Crippen molar-refractivity contribution in [1.82, 2.24) is 30.0 Å². The molecule has 0 spiro atoms. The van der Waals surface area contributed by atoms with E-state index in [1.807, 2.05) is 42.6 Å². The van der Waals surface area contributed by atoms with Crippen LogP contribution in [0.3, 0.4) is 0 Å². The molecule has 0 aliphatic carbocycles. The smallest absolute Gasteiger partial charge is 0.155 e. The van der Waals surface area contributed by atoms with E-state index in [0.717, 1.165) is 28.2 Å². The zero-order valence-corrected chi connectivity index (χ0v) is 11.5. The topological polar surface area (TPSA) is 71.8 Å². The van der Waals surface area contributed by atoms with Crippen molar-refractivity contribution in [3.63, 3.8) is 0 Å². The first-order chi connectivity index (χ1) is 10.3. The van der Waals surface area contributed by atoms with Crippen LogP contribution in [0.15, 0.2) is 48.9 Å². The van der Waals surface area contributed by atoms with E-state index in [9.17, 15) is 0 Å². The second kappa shape index (κ2) is 4.68. The zero-order chi connectivity index (χ0) is 14.2. The fourth-order valence-electron chi connectivity index (χ4n) is 2.24. The van der Waals surface area contributed by atoms with Crippen LogP contribution in [0.25, 0.3) is 28.2 Å². The van der Waals surface area contributed by atoms with Crippen molar-refractivity contribution in [3.05, 3.63) is 53.9 Å². The molecule has 0 saturated heterocycles. The largest absolute Gasteiger partial charge is 0.257 e. The summed E-state index contributed by atoms with van der Waals surface area (Å²) < 4.78 is 1.69. The number of hydrogen-bond donors (Lipinski definition) is 1. The van der Waals surface area contributed by atoms with Crippen LogP contribution in [0.2, 0.25) is 5.02 Å². The molecule has 0 unspecified atom stereocenters. The van der Waals surface area contributed by atoms with Gasteiger partial charge in [0.1, 0.15) is 12.0 Å². The first kappa shape index (κ1) is 12.0. The summed E-state index contributed by atoms with van der Waals surface area (Å²) in [5.74, 6) is 0. The third kappa shape index (κ3) is 1.96. The van der Waals surface area contributed by atoms with Gasteiger partial charge in [-0.2, -0.15) is 5.10 Å². The molecule has 0 bridgehead atoms. The van der Waals surface area contributed by atoms with E-state index in [1.165, 1.54) is 6.33 Å². The Hall–Kier alpha value is -2.73. The van der Waals surface area contributed by atoms with Crippen LogP contribution in [0, 0.1) is 0 Å². The maximum Gasteiger partial charge on any atom is 0.155 e. The minimum absolute atomic E-state index is 0.645. The Balaban J connectivity index is 1.90. The van der Waals surface area contributed by atoms with Gasteiger partial charge in [-0.15, -0.1) is 5.10 Å². The average molecular weight is 297 g/mol. The normalized spacial score (nSPS) is 11.1. The molecule has 1 aromatic carbocycles. The van der Waals surface area contributed by atoms with Crippen LogP contribution < -0.4 is 0 Å². The van der Waals surface area contributed by atoms with Gasteiger partial charge in [-0.25, -0.2) is 9.50 Å². The predicted molar refractivity (Wildman–Crippen MR) is 78.8 cm³/mol. The zero-order valence-electron chi connectivity index (χ0n) is 10.7. The van der Waals surface area contributed by atoms with Crippen LogP contribution in [0.1, 0.15) is 0 Å². The van der Waals surface area contributed by atoms with Crippen molar-refractivity contribution >= 4 is 17.2 Å². The Morgan fingerprint density at radius 1 is 1.10 bits per heavy atom. The molecule has 0 radical (unpaired) electrons. The van der Waals surface area contributed by atoms with Gasteiger partial charge in [-0.1, -0.05) is 35.0 Å². The monoisotopic (exact) mass is 296 g/mol. The van der Waals surface area contributed by atoms with Gasteiger partial charge in [0.05, 0.1) is 10.7 Å². The highest BCUT2D eigenvalue weighted by Crippen LogP contribution is 2.32. The number of benzene rings is 1. The number of rotatable bonds is 2. The quantitative estimate of drug-likeness (QED) is 0.617. The maximum absolute atomic E-state index is 6.25. The fraction of sp³-hybridized carbons (Fsp3) is 0. The molecule has 21 heavy (non-hydrogen) atoms. The summed E-state index contributed by atoms with van der Waals surface area (Å²) in [6.07, 6.45) is 3.37. The molecule has 4 rings (SSSR count). The molecular formula is C14H9ClN6. The average Bonchev–Trinajstić information content (AvgIpc) is 3.15. The lowest BCUT2D eigenvalue weighted by Crippen LogP contribution is -1.90. The number of nitrogens with one attached hydrogen (secondary N) is 1. The van der Waals surface area contributed by atoms with E-state index in [0.29, 0.717) is 5.02 Å². The number of aromatic nitrogens is 6. The van der Waals surface area contributed by atoms with Gasteiger partial charge in [-0.05, 0) is 18.2 Å². The van der Waals surface area contributed by atoms with Gasteiger partial charge in [0.25, 0.3) is 0 Å². The molecule has 4 aromatic rings. The van der Waals surface area contributed by atoms with Gasteiger partial charge in [0, 0.05) is 17.3 Å². The number of halogens is 1. The lowest BCUT2D eigenvalue weighted by Gasteiger charge is -2.04. The lowest BCUT2D eigenvalue weighted by molar-refractivity contribution is 0.939. The summed E-state index contributed by atoms with van der Waals surface area (Å²) in [5, 5.41) is 15.8. The van der Waals surface area contributed by atoms with Crippen molar-refractivity contribution in [2.45, 2.75) is 0 Å². The second-order valence-corrected chi connectivity index (χ2v) is 4.90. The number of nitrogens with zero attached hydrogens (tertiary/aromatic N) is 5.